The van der Waals surface area contributed by atoms with Crippen molar-refractivity contribution in [2.45, 2.75) is 45.6 Å². The lowest BCUT2D eigenvalue weighted by molar-refractivity contribution is 0.000934. The highest BCUT2D eigenvalue weighted by molar-refractivity contribution is 4.85. The number of nitrogens with one attached hydrogen (secondary N) is 1. The van der Waals surface area contributed by atoms with Crippen LogP contribution >= 0.6 is 0 Å². The normalized spacial score (nSPS) is 30.3. The van der Waals surface area contributed by atoms with Crippen molar-refractivity contribution in [3.8, 4) is 0 Å². The summed E-state index contributed by atoms with van der Waals surface area (Å²) in [7, 11) is 1.70. The molecular weight excluding hydrogens is 138 g/mol. The Balaban J connectivity index is 2.45. The molecule has 1 saturated carbocycles. The van der Waals surface area contributed by atoms with Crippen molar-refractivity contribution in [3.63, 3.8) is 0 Å². The van der Waals surface area contributed by atoms with Crippen LogP contribution in [-0.2, 0) is 4.84 Å². The predicted octanol–water partition coefficient (Wildman–Crippen LogP) is 2.11. The molecule has 11 heavy (non-hydrogen) atoms. The average Bonchev–Trinajstić information content (AvgIpc) is 1.94. The van der Waals surface area contributed by atoms with Gasteiger partial charge >= 0.3 is 0 Å². The van der Waals surface area contributed by atoms with Gasteiger partial charge in [0.2, 0.25) is 0 Å². The fourth-order valence-corrected chi connectivity index (χ4v) is 1.85. The zero-order valence-corrected chi connectivity index (χ0v) is 7.81. The summed E-state index contributed by atoms with van der Waals surface area (Å²) in [5, 5.41) is 0. The van der Waals surface area contributed by atoms with Gasteiger partial charge in [0.15, 0.2) is 0 Å². The minimum absolute atomic E-state index is 0.411. The third-order valence-corrected chi connectivity index (χ3v) is 2.77. The van der Waals surface area contributed by atoms with E-state index in [0.717, 1.165) is 0 Å². The largest absolute Gasteiger partial charge is 0.305 e. The van der Waals surface area contributed by atoms with Gasteiger partial charge in [0.25, 0.3) is 0 Å². The van der Waals surface area contributed by atoms with E-state index in [4.69, 9.17) is 4.84 Å². The molecule has 0 spiro atoms. The Morgan fingerprint density at radius 1 is 1.36 bits per heavy atom. The third-order valence-electron chi connectivity index (χ3n) is 2.77. The summed E-state index contributed by atoms with van der Waals surface area (Å²) in [6, 6.07) is 0.543. The Labute approximate surface area is 69.3 Å². The second kappa shape index (κ2) is 3.55. The van der Waals surface area contributed by atoms with E-state index in [-0.39, 0.29) is 0 Å². The second-order valence-corrected chi connectivity index (χ2v) is 4.11. The van der Waals surface area contributed by atoms with Gasteiger partial charge in [-0.1, -0.05) is 26.7 Å². The molecule has 1 unspecified atom stereocenters. The minimum Gasteiger partial charge on any atom is -0.305 e. The first kappa shape index (κ1) is 9.01. The maximum Gasteiger partial charge on any atom is 0.0572 e. The average molecular weight is 157 g/mol. The topological polar surface area (TPSA) is 21.3 Å². The molecule has 2 nitrogen and oxygen atoms in total. The SMILES string of the molecule is CONC1CCCCC1(C)C. The van der Waals surface area contributed by atoms with E-state index in [0.29, 0.717) is 11.5 Å². The molecule has 1 aliphatic rings. The van der Waals surface area contributed by atoms with Crippen LogP contribution in [0.2, 0.25) is 0 Å². The summed E-state index contributed by atoms with van der Waals surface area (Å²) < 4.78 is 0. The number of rotatable bonds is 2. The standard InChI is InChI=1S/C9H19NO/c1-9(2)7-5-4-6-8(9)10-11-3/h8,10H,4-7H2,1-3H3. The minimum atomic E-state index is 0.411. The number of hydrogen-bond donors (Lipinski definition) is 1. The van der Waals surface area contributed by atoms with Crippen molar-refractivity contribution in [1.29, 1.82) is 0 Å². The Hall–Kier alpha value is -0.0800. The van der Waals surface area contributed by atoms with Gasteiger partial charge < -0.3 is 4.84 Å². The molecule has 0 amide bonds. The lowest BCUT2D eigenvalue weighted by atomic mass is 9.74. The highest BCUT2D eigenvalue weighted by Gasteiger charge is 2.31. The first-order valence-electron chi connectivity index (χ1n) is 4.45. The second-order valence-electron chi connectivity index (χ2n) is 4.11. The van der Waals surface area contributed by atoms with Crippen LogP contribution in [0.4, 0.5) is 0 Å². The van der Waals surface area contributed by atoms with Crippen molar-refractivity contribution < 1.29 is 4.84 Å². The molecule has 1 atom stereocenters. The number of hydrogen-bond acceptors (Lipinski definition) is 2. The molecule has 1 rings (SSSR count). The molecule has 0 bridgehead atoms. The quantitative estimate of drug-likeness (QED) is 0.620. The molecule has 0 heterocycles. The van der Waals surface area contributed by atoms with Crippen molar-refractivity contribution in [3.05, 3.63) is 0 Å². The van der Waals surface area contributed by atoms with Crippen LogP contribution in [0.3, 0.4) is 0 Å². The maximum absolute atomic E-state index is 4.97. The van der Waals surface area contributed by atoms with Gasteiger partial charge in [-0.05, 0) is 18.3 Å². The Bertz CT molecular complexity index is 121. The summed E-state index contributed by atoms with van der Waals surface area (Å²) in [5.74, 6) is 0. The molecule has 0 aromatic carbocycles. The molecule has 66 valence electrons. The monoisotopic (exact) mass is 157 g/mol. The summed E-state index contributed by atoms with van der Waals surface area (Å²) in [6.45, 7) is 4.62. The van der Waals surface area contributed by atoms with E-state index in [1.807, 2.05) is 0 Å². The van der Waals surface area contributed by atoms with Crippen molar-refractivity contribution in [2.24, 2.45) is 5.41 Å². The van der Waals surface area contributed by atoms with E-state index in [9.17, 15) is 0 Å². The first-order valence-corrected chi connectivity index (χ1v) is 4.45. The van der Waals surface area contributed by atoms with Gasteiger partial charge in [-0.15, -0.1) is 0 Å². The molecular formula is C9H19NO. The lowest BCUT2D eigenvalue weighted by Crippen LogP contribution is -2.43. The van der Waals surface area contributed by atoms with Gasteiger partial charge in [0, 0.05) is 6.04 Å². The fraction of sp³-hybridized carbons (Fsp3) is 1.00. The van der Waals surface area contributed by atoms with E-state index in [2.05, 4.69) is 19.3 Å². The Morgan fingerprint density at radius 2 is 2.09 bits per heavy atom. The van der Waals surface area contributed by atoms with Crippen LogP contribution in [0.15, 0.2) is 0 Å². The van der Waals surface area contributed by atoms with E-state index in [1.54, 1.807) is 7.11 Å². The van der Waals surface area contributed by atoms with Gasteiger partial charge in [0.1, 0.15) is 0 Å². The first-order chi connectivity index (χ1) is 5.17. The van der Waals surface area contributed by atoms with E-state index < -0.39 is 0 Å². The Morgan fingerprint density at radius 3 is 2.64 bits per heavy atom. The molecule has 2 heteroatoms. The molecule has 0 radical (unpaired) electrons. The summed E-state index contributed by atoms with van der Waals surface area (Å²) in [5.41, 5.74) is 3.49. The van der Waals surface area contributed by atoms with Crippen molar-refractivity contribution in [1.82, 2.24) is 5.48 Å². The molecule has 1 N–H and O–H groups in total. The Kier molecular flexibility index (Phi) is 2.90. The summed E-state index contributed by atoms with van der Waals surface area (Å²) >= 11 is 0. The van der Waals surface area contributed by atoms with Crippen LogP contribution in [-0.4, -0.2) is 13.2 Å². The highest BCUT2D eigenvalue weighted by atomic mass is 16.6. The number of hydroxylamine groups is 1. The molecule has 0 aromatic heterocycles. The van der Waals surface area contributed by atoms with Crippen LogP contribution in [0.5, 0.6) is 0 Å². The maximum atomic E-state index is 4.97. The molecule has 0 saturated heterocycles. The summed E-state index contributed by atoms with van der Waals surface area (Å²) in [6.07, 6.45) is 5.27. The van der Waals surface area contributed by atoms with Crippen LogP contribution < -0.4 is 5.48 Å². The predicted molar refractivity (Wildman–Crippen MR) is 46.2 cm³/mol. The van der Waals surface area contributed by atoms with Gasteiger partial charge in [-0.2, -0.15) is 5.48 Å². The van der Waals surface area contributed by atoms with Crippen LogP contribution in [0, 0.1) is 5.41 Å². The molecule has 0 aliphatic heterocycles. The van der Waals surface area contributed by atoms with Crippen molar-refractivity contribution >= 4 is 0 Å². The molecule has 1 fully saturated rings. The van der Waals surface area contributed by atoms with Gasteiger partial charge in [-0.25, -0.2) is 0 Å². The van der Waals surface area contributed by atoms with Gasteiger partial charge in [0.05, 0.1) is 7.11 Å². The fourth-order valence-electron chi connectivity index (χ4n) is 1.85. The van der Waals surface area contributed by atoms with Crippen LogP contribution in [0.1, 0.15) is 39.5 Å². The van der Waals surface area contributed by atoms with E-state index >= 15 is 0 Å². The van der Waals surface area contributed by atoms with Crippen LogP contribution in [0.25, 0.3) is 0 Å². The smallest absolute Gasteiger partial charge is 0.0572 e. The van der Waals surface area contributed by atoms with Crippen molar-refractivity contribution in [2.75, 3.05) is 7.11 Å². The van der Waals surface area contributed by atoms with Gasteiger partial charge in [-0.3, -0.25) is 0 Å². The molecule has 1 aliphatic carbocycles. The molecule has 0 aromatic rings. The zero-order chi connectivity index (χ0) is 8.32. The summed E-state index contributed by atoms with van der Waals surface area (Å²) in [4.78, 5) is 4.97. The third kappa shape index (κ3) is 2.17. The van der Waals surface area contributed by atoms with E-state index in [1.165, 1.54) is 25.7 Å². The zero-order valence-electron chi connectivity index (χ0n) is 7.81. The highest BCUT2D eigenvalue weighted by Crippen LogP contribution is 2.35. The lowest BCUT2D eigenvalue weighted by Gasteiger charge is -2.38.